The molecule has 9 nitrogen and oxygen atoms in total. The Kier molecular flexibility index (Phi) is 9.20. The number of methoxy groups -OCH3 is 1. The van der Waals surface area contributed by atoms with Gasteiger partial charge >= 0.3 is 5.97 Å². The molecule has 1 amide bonds. The molecule has 0 unspecified atom stereocenters. The Morgan fingerprint density at radius 1 is 0.956 bits per heavy atom. The van der Waals surface area contributed by atoms with Crippen molar-refractivity contribution in [1.29, 1.82) is 0 Å². The van der Waals surface area contributed by atoms with Crippen molar-refractivity contribution in [3.63, 3.8) is 0 Å². The quantitative estimate of drug-likeness (QED) is 0.0545. The van der Waals surface area contributed by atoms with Crippen molar-refractivity contribution in [2.24, 2.45) is 5.10 Å². The molecule has 0 atom stereocenters. The molecule has 0 aliphatic carbocycles. The predicted octanol–water partition coefficient (Wildman–Crippen LogP) is 7.27. The minimum Gasteiger partial charge on any atom is -0.493 e. The first kappa shape index (κ1) is 30.1. The fourth-order valence-corrected chi connectivity index (χ4v) is 6.56. The summed E-state index contributed by atoms with van der Waals surface area (Å²) in [5.74, 6) is 0.391. The van der Waals surface area contributed by atoms with Crippen molar-refractivity contribution >= 4 is 62.9 Å². The number of fused-ring (bicyclic) bond motifs is 1. The number of carbonyl (C=O) groups is 2. The van der Waals surface area contributed by atoms with E-state index in [9.17, 15) is 9.59 Å². The first-order valence-corrected chi connectivity index (χ1v) is 15.8. The molecule has 224 valence electrons. The monoisotopic (exact) mass is 653 g/mol. The number of benzene rings is 4. The minimum atomic E-state index is -0.579. The predicted molar refractivity (Wildman–Crippen MR) is 178 cm³/mol. The molecule has 0 aliphatic rings. The number of ether oxygens (including phenoxy) is 2. The first-order valence-electron chi connectivity index (χ1n) is 13.6. The molecule has 6 aromatic rings. The molecule has 0 aliphatic heterocycles. The molecule has 0 saturated heterocycles. The van der Waals surface area contributed by atoms with Crippen molar-refractivity contribution in [1.82, 2.24) is 20.2 Å². The number of esters is 1. The third kappa shape index (κ3) is 6.75. The number of hydrogen-bond acceptors (Lipinski definition) is 9. The number of halogens is 1. The molecule has 4 aromatic carbocycles. The molecule has 1 N–H and O–H groups in total. The molecule has 2 heterocycles. The van der Waals surface area contributed by atoms with E-state index in [1.165, 1.54) is 36.4 Å². The third-order valence-corrected chi connectivity index (χ3v) is 9.11. The average molecular weight is 654 g/mol. The zero-order valence-electron chi connectivity index (χ0n) is 23.7. The number of hydrogen-bond donors (Lipinski definition) is 1. The molecule has 0 spiro atoms. The number of thiophene rings is 1. The highest BCUT2D eigenvalue weighted by molar-refractivity contribution is 7.99. The lowest BCUT2D eigenvalue weighted by Gasteiger charge is -2.10. The van der Waals surface area contributed by atoms with E-state index in [2.05, 4.69) is 20.7 Å². The highest BCUT2D eigenvalue weighted by Gasteiger charge is 2.21. The fraction of sp³-hybridized carbons (Fsp3) is 0.0606. The Bertz CT molecular complexity index is 2010. The summed E-state index contributed by atoms with van der Waals surface area (Å²) in [4.78, 5) is 25.9. The summed E-state index contributed by atoms with van der Waals surface area (Å²) < 4.78 is 13.9. The fourth-order valence-electron chi connectivity index (χ4n) is 4.43. The first-order chi connectivity index (χ1) is 22.0. The SMILES string of the molecule is COc1cc(/C=N\NC(=O)CSc2nnc(-c3ccccc3)n2-c2ccccc2)ccc1OC(=O)c1sc2ccccc2c1Cl. The van der Waals surface area contributed by atoms with Crippen LogP contribution in [0.3, 0.4) is 0 Å². The third-order valence-electron chi connectivity index (χ3n) is 6.53. The van der Waals surface area contributed by atoms with Crippen LogP contribution in [0, 0.1) is 0 Å². The van der Waals surface area contributed by atoms with Crippen LogP contribution >= 0.6 is 34.7 Å². The lowest BCUT2D eigenvalue weighted by molar-refractivity contribution is -0.118. The van der Waals surface area contributed by atoms with Crippen molar-refractivity contribution in [3.8, 4) is 28.6 Å². The normalized spacial score (nSPS) is 11.2. The van der Waals surface area contributed by atoms with Crippen LogP contribution in [-0.2, 0) is 4.79 Å². The highest BCUT2D eigenvalue weighted by Crippen LogP contribution is 2.37. The number of aromatic nitrogens is 3. The molecular formula is C33H24ClN5O4S2. The van der Waals surface area contributed by atoms with E-state index in [-0.39, 0.29) is 17.4 Å². The Balaban J connectivity index is 1.09. The summed E-state index contributed by atoms with van der Waals surface area (Å²) in [5.41, 5.74) is 4.96. The van der Waals surface area contributed by atoms with Crippen LogP contribution in [0.15, 0.2) is 113 Å². The van der Waals surface area contributed by atoms with Crippen molar-refractivity contribution in [2.75, 3.05) is 12.9 Å². The lowest BCUT2D eigenvalue weighted by Crippen LogP contribution is -2.20. The maximum atomic E-state index is 12.9. The summed E-state index contributed by atoms with van der Waals surface area (Å²) in [6, 6.07) is 31.9. The van der Waals surface area contributed by atoms with Gasteiger partial charge in [0, 0.05) is 21.3 Å². The Morgan fingerprint density at radius 2 is 1.69 bits per heavy atom. The van der Waals surface area contributed by atoms with Crippen LogP contribution in [0.4, 0.5) is 0 Å². The Hall–Kier alpha value is -4.97. The second-order valence-electron chi connectivity index (χ2n) is 9.47. The van der Waals surface area contributed by atoms with E-state index in [1.54, 1.807) is 18.2 Å². The van der Waals surface area contributed by atoms with Gasteiger partial charge in [0.25, 0.3) is 5.91 Å². The van der Waals surface area contributed by atoms with Gasteiger partial charge in [-0.2, -0.15) is 5.10 Å². The van der Waals surface area contributed by atoms with Gasteiger partial charge in [-0.15, -0.1) is 21.5 Å². The number of hydrazone groups is 1. The van der Waals surface area contributed by atoms with E-state index < -0.39 is 5.97 Å². The van der Waals surface area contributed by atoms with Crippen LogP contribution in [0.2, 0.25) is 5.02 Å². The number of nitrogens with one attached hydrogen (secondary N) is 1. The number of nitrogens with zero attached hydrogens (tertiary/aromatic N) is 4. The van der Waals surface area contributed by atoms with Crippen LogP contribution in [0.1, 0.15) is 15.2 Å². The van der Waals surface area contributed by atoms with Gasteiger partial charge in [0.1, 0.15) is 4.88 Å². The number of para-hydroxylation sites is 1. The smallest absolute Gasteiger partial charge is 0.355 e. The van der Waals surface area contributed by atoms with E-state index >= 15 is 0 Å². The van der Waals surface area contributed by atoms with Gasteiger partial charge in [0.15, 0.2) is 22.5 Å². The maximum absolute atomic E-state index is 12.9. The number of carbonyl (C=O) groups excluding carboxylic acids is 2. The maximum Gasteiger partial charge on any atom is 0.355 e. The standard InChI is InChI=1S/C33H24ClN5O4S2/c1-42-26-18-21(16-17-25(26)43-32(41)30-29(34)24-14-8-9-15-27(24)45-30)19-35-36-28(40)20-44-33-38-37-31(22-10-4-2-5-11-22)39(33)23-12-6-3-7-13-23/h2-19H,20H2,1H3,(H,36,40)/b35-19-. The van der Waals surface area contributed by atoms with E-state index in [1.807, 2.05) is 89.5 Å². The number of amides is 1. The van der Waals surface area contributed by atoms with Gasteiger partial charge in [-0.1, -0.05) is 90.1 Å². The lowest BCUT2D eigenvalue weighted by atomic mass is 10.2. The molecule has 12 heteroatoms. The van der Waals surface area contributed by atoms with Crippen LogP contribution < -0.4 is 14.9 Å². The van der Waals surface area contributed by atoms with Crippen LogP contribution in [0.5, 0.6) is 11.5 Å². The molecular weight excluding hydrogens is 630 g/mol. The average Bonchev–Trinajstić information content (AvgIpc) is 3.66. The summed E-state index contributed by atoms with van der Waals surface area (Å²) in [6.07, 6.45) is 1.47. The molecule has 2 aromatic heterocycles. The van der Waals surface area contributed by atoms with E-state index in [0.29, 0.717) is 32.2 Å². The molecule has 45 heavy (non-hydrogen) atoms. The topological polar surface area (TPSA) is 108 Å². The van der Waals surface area contributed by atoms with E-state index in [0.717, 1.165) is 21.3 Å². The van der Waals surface area contributed by atoms with Gasteiger partial charge in [0.05, 0.1) is 24.1 Å². The zero-order chi connectivity index (χ0) is 31.2. The van der Waals surface area contributed by atoms with Gasteiger partial charge < -0.3 is 9.47 Å². The molecule has 6 rings (SSSR count). The largest absolute Gasteiger partial charge is 0.493 e. The van der Waals surface area contributed by atoms with Crippen molar-refractivity contribution in [3.05, 3.63) is 119 Å². The molecule has 0 saturated carbocycles. The Labute approximate surface area is 271 Å². The second kappa shape index (κ2) is 13.8. The molecule has 0 fully saturated rings. The Morgan fingerprint density at radius 3 is 2.44 bits per heavy atom. The van der Waals surface area contributed by atoms with E-state index in [4.69, 9.17) is 21.1 Å². The minimum absolute atomic E-state index is 0.0651. The number of thioether (sulfide) groups is 1. The summed E-state index contributed by atoms with van der Waals surface area (Å²) >= 11 is 8.95. The van der Waals surface area contributed by atoms with Gasteiger partial charge in [-0.3, -0.25) is 9.36 Å². The number of rotatable bonds is 10. The zero-order valence-corrected chi connectivity index (χ0v) is 26.1. The van der Waals surface area contributed by atoms with Crippen LogP contribution in [0.25, 0.3) is 27.2 Å². The van der Waals surface area contributed by atoms with Gasteiger partial charge in [0.2, 0.25) is 0 Å². The molecule has 0 radical (unpaired) electrons. The molecule has 0 bridgehead atoms. The van der Waals surface area contributed by atoms with Crippen molar-refractivity contribution in [2.45, 2.75) is 5.16 Å². The highest BCUT2D eigenvalue weighted by atomic mass is 35.5. The van der Waals surface area contributed by atoms with Crippen LogP contribution in [-0.4, -0.2) is 45.7 Å². The van der Waals surface area contributed by atoms with Gasteiger partial charge in [-0.25, -0.2) is 10.2 Å². The summed E-state index contributed by atoms with van der Waals surface area (Å²) in [7, 11) is 1.47. The summed E-state index contributed by atoms with van der Waals surface area (Å²) in [5, 5.41) is 14.6. The van der Waals surface area contributed by atoms with Crippen molar-refractivity contribution < 1.29 is 19.1 Å². The summed E-state index contributed by atoms with van der Waals surface area (Å²) in [6.45, 7) is 0. The van der Waals surface area contributed by atoms with Gasteiger partial charge in [-0.05, 0) is 42.0 Å². The second-order valence-corrected chi connectivity index (χ2v) is 11.8.